The molecule has 0 saturated heterocycles. The van der Waals surface area contributed by atoms with Crippen LogP contribution in [0.1, 0.15) is 62.5 Å². The zero-order valence-corrected chi connectivity index (χ0v) is 22.7. The van der Waals surface area contributed by atoms with Crippen LogP contribution in [0.3, 0.4) is 0 Å². The second kappa shape index (κ2) is 10.7. The third-order valence-corrected chi connectivity index (χ3v) is 8.09. The van der Waals surface area contributed by atoms with Gasteiger partial charge in [-0.15, -0.1) is 5.10 Å². The van der Waals surface area contributed by atoms with Gasteiger partial charge in [0.1, 0.15) is 11.3 Å². The number of aryl methyl sites for hydroxylation is 2. The lowest BCUT2D eigenvalue weighted by Crippen LogP contribution is -2.36. The number of methoxy groups -OCH3 is 1. The fourth-order valence-electron chi connectivity index (χ4n) is 5.95. The highest BCUT2D eigenvalue weighted by molar-refractivity contribution is 5.97. The average Bonchev–Trinajstić information content (AvgIpc) is 3.38. The Morgan fingerprint density at radius 2 is 2.00 bits per heavy atom. The van der Waals surface area contributed by atoms with Crippen LogP contribution in [0.15, 0.2) is 48.5 Å². The fraction of sp³-hybridized carbons (Fsp3) is 0.355. The maximum absolute atomic E-state index is 13.6. The molecule has 1 amide bonds. The summed E-state index contributed by atoms with van der Waals surface area (Å²) in [6.45, 7) is 4.63. The summed E-state index contributed by atoms with van der Waals surface area (Å²) in [4.78, 5) is 27.5. The summed E-state index contributed by atoms with van der Waals surface area (Å²) in [5.74, 6) is -0.792. The van der Waals surface area contributed by atoms with Gasteiger partial charge in [-0.25, -0.2) is 4.68 Å². The molecule has 4 aromatic rings. The van der Waals surface area contributed by atoms with Crippen LogP contribution in [0.2, 0.25) is 0 Å². The third kappa shape index (κ3) is 4.81. The van der Waals surface area contributed by atoms with Gasteiger partial charge in [-0.2, -0.15) is 0 Å². The summed E-state index contributed by atoms with van der Waals surface area (Å²) < 4.78 is 13.4. The fourth-order valence-corrected chi connectivity index (χ4v) is 5.95. The van der Waals surface area contributed by atoms with E-state index < -0.39 is 5.97 Å². The van der Waals surface area contributed by atoms with Gasteiger partial charge in [0.2, 0.25) is 0 Å². The van der Waals surface area contributed by atoms with E-state index in [1.807, 2.05) is 52.9 Å². The molecule has 0 aliphatic carbocycles. The molecule has 1 aromatic heterocycles. The van der Waals surface area contributed by atoms with Crippen molar-refractivity contribution < 1.29 is 24.2 Å². The van der Waals surface area contributed by atoms with Gasteiger partial charge in [-0.05, 0) is 71.3 Å². The van der Waals surface area contributed by atoms with Crippen molar-refractivity contribution in [1.29, 1.82) is 0 Å². The van der Waals surface area contributed by atoms with E-state index in [1.54, 1.807) is 7.11 Å². The molecule has 40 heavy (non-hydrogen) atoms. The van der Waals surface area contributed by atoms with Crippen molar-refractivity contribution in [2.45, 2.75) is 51.8 Å². The van der Waals surface area contributed by atoms with Crippen molar-refractivity contribution in [2.75, 3.05) is 20.3 Å². The molecule has 6 heterocycles. The molecule has 1 unspecified atom stereocenters. The molecule has 9 rings (SSSR count). The molecule has 3 aromatic carbocycles. The number of rotatable bonds is 3. The molecular formula is C31H32N4O5. The minimum Gasteiger partial charge on any atom is -0.496 e. The molecule has 0 saturated carbocycles. The van der Waals surface area contributed by atoms with Crippen molar-refractivity contribution in [3.8, 4) is 5.75 Å². The largest absolute Gasteiger partial charge is 0.496 e. The molecule has 1 atom stereocenters. The van der Waals surface area contributed by atoms with Gasteiger partial charge in [0.25, 0.3) is 5.91 Å². The van der Waals surface area contributed by atoms with E-state index in [-0.39, 0.29) is 18.2 Å². The predicted octanol–water partition coefficient (Wildman–Crippen LogP) is 4.47. The lowest BCUT2D eigenvalue weighted by atomic mass is 9.83. The molecule has 5 aliphatic heterocycles. The summed E-state index contributed by atoms with van der Waals surface area (Å²) in [6.07, 6.45) is 1.43. The van der Waals surface area contributed by atoms with Gasteiger partial charge in [0.05, 0.1) is 31.2 Å². The topological polar surface area (TPSA) is 107 Å². The monoisotopic (exact) mass is 540 g/mol. The summed E-state index contributed by atoms with van der Waals surface area (Å²) in [5, 5.41) is 18.7. The number of ether oxygens (including phenoxy) is 2. The number of aromatic nitrogens is 3. The first-order valence-electron chi connectivity index (χ1n) is 13.6. The van der Waals surface area contributed by atoms with Crippen molar-refractivity contribution in [3.05, 3.63) is 87.5 Å². The SMILES string of the molecule is COc1cc2ccc1C(=O)N1CCc3ccc(cc3C1)C(CC(=O)O)c1ccc3c(nnn3CCCOC2)c1C. The van der Waals surface area contributed by atoms with Crippen LogP contribution in [0, 0.1) is 6.92 Å². The van der Waals surface area contributed by atoms with Crippen LogP contribution in [-0.4, -0.2) is 57.1 Å². The number of carboxylic acids is 1. The van der Waals surface area contributed by atoms with E-state index in [2.05, 4.69) is 22.4 Å². The lowest BCUT2D eigenvalue weighted by Gasteiger charge is -2.30. The number of hydrogen-bond acceptors (Lipinski definition) is 6. The Hall–Kier alpha value is -4.24. The van der Waals surface area contributed by atoms with Crippen LogP contribution in [0.5, 0.6) is 5.75 Å². The normalized spacial score (nSPS) is 17.5. The van der Waals surface area contributed by atoms with Gasteiger partial charge < -0.3 is 19.5 Å². The van der Waals surface area contributed by atoms with E-state index in [0.29, 0.717) is 44.2 Å². The first kappa shape index (κ1) is 26.0. The molecule has 9 nitrogen and oxygen atoms in total. The number of benzene rings is 3. The van der Waals surface area contributed by atoms with E-state index in [4.69, 9.17) is 9.47 Å². The lowest BCUT2D eigenvalue weighted by molar-refractivity contribution is -0.137. The molecule has 0 radical (unpaired) electrons. The highest BCUT2D eigenvalue weighted by Gasteiger charge is 2.27. The van der Waals surface area contributed by atoms with Gasteiger partial charge in [-0.3, -0.25) is 9.59 Å². The number of nitrogens with zero attached hydrogens (tertiary/aromatic N) is 4. The Bertz CT molecular complexity index is 1610. The highest BCUT2D eigenvalue weighted by Crippen LogP contribution is 2.35. The van der Waals surface area contributed by atoms with Crippen LogP contribution >= 0.6 is 0 Å². The Labute approximate surface area is 232 Å². The number of aliphatic carboxylic acids is 1. The molecule has 9 heteroatoms. The molecular weight excluding hydrogens is 508 g/mol. The highest BCUT2D eigenvalue weighted by atomic mass is 16.5. The number of hydrogen-bond donors (Lipinski definition) is 1. The molecule has 5 aliphatic rings. The molecule has 1 N–H and O–H groups in total. The standard InChI is InChI=1S/C31H32N4O5/c1-19-24-8-9-27-30(19)32-33-35(27)11-3-13-40-18-20-4-7-25(28(14-20)39-2)31(38)34-12-10-21-5-6-22(15-23(21)17-34)26(24)16-29(36)37/h4-9,14-15,26H,3,10-13,16-18H2,1-2H3,(H,36,37). The Morgan fingerprint density at radius 3 is 2.83 bits per heavy atom. The van der Waals surface area contributed by atoms with Gasteiger partial charge in [-0.1, -0.05) is 35.5 Å². The van der Waals surface area contributed by atoms with Crippen LogP contribution < -0.4 is 4.74 Å². The van der Waals surface area contributed by atoms with Gasteiger partial charge in [0.15, 0.2) is 0 Å². The van der Waals surface area contributed by atoms with Crippen molar-refractivity contribution in [2.24, 2.45) is 0 Å². The van der Waals surface area contributed by atoms with E-state index >= 15 is 0 Å². The zero-order chi connectivity index (χ0) is 27.8. The second-order valence-corrected chi connectivity index (χ2v) is 10.6. The maximum Gasteiger partial charge on any atom is 0.304 e. The number of carbonyl (C=O) groups excluding carboxylic acids is 1. The second-order valence-electron chi connectivity index (χ2n) is 10.6. The Balaban J connectivity index is 1.45. The quantitative estimate of drug-likeness (QED) is 0.409. The number of carbonyl (C=O) groups is 2. The van der Waals surface area contributed by atoms with Gasteiger partial charge >= 0.3 is 5.97 Å². The van der Waals surface area contributed by atoms with Crippen molar-refractivity contribution >= 4 is 22.9 Å². The van der Waals surface area contributed by atoms with Crippen LogP contribution in [0.25, 0.3) is 11.0 Å². The average molecular weight is 541 g/mol. The third-order valence-electron chi connectivity index (χ3n) is 8.09. The molecule has 0 spiro atoms. The first-order chi connectivity index (χ1) is 19.4. The molecule has 0 fully saturated rings. The summed E-state index contributed by atoms with van der Waals surface area (Å²) in [6, 6.07) is 15.8. The Kier molecular flexibility index (Phi) is 6.98. The smallest absolute Gasteiger partial charge is 0.304 e. The molecule has 206 valence electrons. The zero-order valence-electron chi connectivity index (χ0n) is 22.7. The first-order valence-corrected chi connectivity index (χ1v) is 13.6. The van der Waals surface area contributed by atoms with Gasteiger partial charge in [0, 0.05) is 32.2 Å². The predicted molar refractivity (Wildman–Crippen MR) is 149 cm³/mol. The number of amides is 1. The minimum atomic E-state index is -0.872. The Morgan fingerprint density at radius 1 is 1.12 bits per heavy atom. The van der Waals surface area contributed by atoms with Crippen molar-refractivity contribution in [1.82, 2.24) is 19.9 Å². The van der Waals surface area contributed by atoms with E-state index in [0.717, 1.165) is 51.7 Å². The van der Waals surface area contributed by atoms with E-state index in [9.17, 15) is 14.7 Å². The summed E-state index contributed by atoms with van der Waals surface area (Å²) >= 11 is 0. The van der Waals surface area contributed by atoms with E-state index in [1.165, 1.54) is 5.56 Å². The van der Waals surface area contributed by atoms with Crippen LogP contribution in [0.4, 0.5) is 0 Å². The molecule has 9 bridgehead atoms. The number of carboxylic acid groups (broad SMARTS) is 1. The summed E-state index contributed by atoms with van der Waals surface area (Å²) in [5.41, 5.74) is 8.13. The maximum atomic E-state index is 13.6. The van der Waals surface area contributed by atoms with Crippen molar-refractivity contribution in [3.63, 3.8) is 0 Å². The minimum absolute atomic E-state index is 0.0528. The van der Waals surface area contributed by atoms with Crippen LogP contribution in [-0.2, 0) is 35.6 Å². The summed E-state index contributed by atoms with van der Waals surface area (Å²) in [7, 11) is 1.57.